The summed E-state index contributed by atoms with van der Waals surface area (Å²) in [5, 5.41) is 18.9. The molecule has 1 fully saturated rings. The highest BCUT2D eigenvalue weighted by Gasteiger charge is 2.24. The molecule has 0 bridgehead atoms. The topological polar surface area (TPSA) is 77.2 Å². The molecule has 100 valence electrons. The average molecular weight is 279 g/mol. The van der Waals surface area contributed by atoms with Crippen LogP contribution in [0.1, 0.15) is 23.3 Å². The van der Waals surface area contributed by atoms with E-state index in [0.29, 0.717) is 12.2 Å². The highest BCUT2D eigenvalue weighted by molar-refractivity contribution is 7.13. The summed E-state index contributed by atoms with van der Waals surface area (Å²) in [6, 6.07) is 3.76. The number of thiophene rings is 1. The third-order valence-corrected chi connectivity index (χ3v) is 3.97. The predicted molar refractivity (Wildman–Crippen MR) is 69.3 cm³/mol. The van der Waals surface area contributed by atoms with Crippen LogP contribution in [-0.2, 0) is 11.3 Å². The third-order valence-electron chi connectivity index (χ3n) is 3.09. The summed E-state index contributed by atoms with van der Waals surface area (Å²) in [5.41, 5.74) is 0.568. The average Bonchev–Trinajstić information content (AvgIpc) is 3.09. The van der Waals surface area contributed by atoms with Crippen LogP contribution in [0.2, 0.25) is 0 Å². The molecule has 1 N–H and O–H groups in total. The summed E-state index contributed by atoms with van der Waals surface area (Å²) in [6.07, 6.45) is 2.12. The van der Waals surface area contributed by atoms with Gasteiger partial charge in [-0.2, -0.15) is 0 Å². The first-order chi connectivity index (χ1) is 9.25. The van der Waals surface area contributed by atoms with Gasteiger partial charge < -0.3 is 9.84 Å². The maximum atomic E-state index is 11.2. The first kappa shape index (κ1) is 12.3. The van der Waals surface area contributed by atoms with Gasteiger partial charge in [0.05, 0.1) is 17.5 Å². The number of aromatic nitrogens is 3. The van der Waals surface area contributed by atoms with Crippen molar-refractivity contribution in [3.05, 3.63) is 23.2 Å². The van der Waals surface area contributed by atoms with Crippen molar-refractivity contribution in [2.24, 2.45) is 0 Å². The molecule has 6 nitrogen and oxygen atoms in total. The van der Waals surface area contributed by atoms with Crippen LogP contribution in [0.3, 0.4) is 0 Å². The van der Waals surface area contributed by atoms with Crippen LogP contribution in [0.4, 0.5) is 0 Å². The van der Waals surface area contributed by atoms with E-state index < -0.39 is 5.97 Å². The second-order valence-corrected chi connectivity index (χ2v) is 5.33. The van der Waals surface area contributed by atoms with E-state index in [-0.39, 0.29) is 11.8 Å². The van der Waals surface area contributed by atoms with Crippen molar-refractivity contribution in [2.45, 2.75) is 25.5 Å². The summed E-state index contributed by atoms with van der Waals surface area (Å²) < 4.78 is 7.21. The summed E-state index contributed by atoms with van der Waals surface area (Å²) in [4.78, 5) is 12.1. The van der Waals surface area contributed by atoms with Gasteiger partial charge >= 0.3 is 5.97 Å². The summed E-state index contributed by atoms with van der Waals surface area (Å²) in [5.74, 6) is -1.05. The van der Waals surface area contributed by atoms with Crippen LogP contribution in [0.5, 0.6) is 0 Å². The second-order valence-electron chi connectivity index (χ2n) is 4.39. The maximum absolute atomic E-state index is 11.2. The van der Waals surface area contributed by atoms with E-state index in [9.17, 15) is 9.90 Å². The number of carboxylic acids is 1. The van der Waals surface area contributed by atoms with Gasteiger partial charge in [0.2, 0.25) is 0 Å². The molecule has 1 atom stereocenters. The van der Waals surface area contributed by atoms with Crippen molar-refractivity contribution >= 4 is 17.3 Å². The van der Waals surface area contributed by atoms with E-state index in [2.05, 4.69) is 10.3 Å². The van der Waals surface area contributed by atoms with Crippen molar-refractivity contribution in [3.8, 4) is 10.6 Å². The van der Waals surface area contributed by atoms with Crippen LogP contribution in [0, 0.1) is 0 Å². The minimum atomic E-state index is -1.05. The minimum Gasteiger partial charge on any atom is -0.476 e. The number of rotatable bonds is 4. The van der Waals surface area contributed by atoms with E-state index in [1.54, 1.807) is 4.68 Å². The van der Waals surface area contributed by atoms with Gasteiger partial charge in [-0.1, -0.05) is 11.3 Å². The van der Waals surface area contributed by atoms with E-state index in [4.69, 9.17) is 4.74 Å². The van der Waals surface area contributed by atoms with Gasteiger partial charge in [-0.3, -0.25) is 0 Å². The number of hydrogen-bond acceptors (Lipinski definition) is 5. The molecule has 2 aromatic rings. The van der Waals surface area contributed by atoms with Gasteiger partial charge in [-0.25, -0.2) is 9.48 Å². The second kappa shape index (κ2) is 5.10. The van der Waals surface area contributed by atoms with Gasteiger partial charge in [-0.15, -0.1) is 16.4 Å². The number of aromatic carboxylic acids is 1. The Hall–Kier alpha value is -1.73. The van der Waals surface area contributed by atoms with E-state index in [0.717, 1.165) is 24.3 Å². The van der Waals surface area contributed by atoms with Crippen molar-refractivity contribution < 1.29 is 14.6 Å². The molecule has 19 heavy (non-hydrogen) atoms. The molecular weight excluding hydrogens is 266 g/mol. The monoisotopic (exact) mass is 279 g/mol. The number of nitrogens with zero attached hydrogens (tertiary/aromatic N) is 3. The number of hydrogen-bond donors (Lipinski definition) is 1. The fourth-order valence-electron chi connectivity index (χ4n) is 2.22. The molecule has 3 rings (SSSR count). The third kappa shape index (κ3) is 2.39. The van der Waals surface area contributed by atoms with Crippen LogP contribution in [-0.4, -0.2) is 38.8 Å². The minimum absolute atomic E-state index is 0.000414. The van der Waals surface area contributed by atoms with Crippen molar-refractivity contribution in [1.29, 1.82) is 0 Å². The molecule has 0 saturated carbocycles. The Morgan fingerprint density at radius 2 is 2.53 bits per heavy atom. The van der Waals surface area contributed by atoms with Gasteiger partial charge in [0.15, 0.2) is 5.69 Å². The quantitative estimate of drug-likeness (QED) is 0.924. The SMILES string of the molecule is O=C(O)c1nnn(CC2CCCO2)c1-c1cccs1. The first-order valence-electron chi connectivity index (χ1n) is 6.08. The van der Waals surface area contributed by atoms with Crippen molar-refractivity contribution in [3.63, 3.8) is 0 Å². The van der Waals surface area contributed by atoms with Crippen LogP contribution in [0.25, 0.3) is 10.6 Å². The molecule has 3 heterocycles. The standard InChI is InChI=1S/C12H13N3O3S/c16-12(17)10-11(9-4-2-6-19-9)15(14-13-10)7-8-3-1-5-18-8/h2,4,6,8H,1,3,5,7H2,(H,16,17). The van der Waals surface area contributed by atoms with E-state index >= 15 is 0 Å². The Morgan fingerprint density at radius 1 is 1.63 bits per heavy atom. The molecule has 0 aliphatic carbocycles. The predicted octanol–water partition coefficient (Wildman–Crippen LogP) is 1.88. The first-order valence-corrected chi connectivity index (χ1v) is 6.96. The Labute approximate surface area is 113 Å². The Bertz CT molecular complexity index is 573. The molecule has 0 spiro atoms. The zero-order chi connectivity index (χ0) is 13.2. The molecule has 0 radical (unpaired) electrons. The summed E-state index contributed by atoms with van der Waals surface area (Å²) >= 11 is 1.48. The molecule has 1 aliphatic heterocycles. The molecule has 1 saturated heterocycles. The van der Waals surface area contributed by atoms with E-state index in [1.807, 2.05) is 17.5 Å². The molecule has 7 heteroatoms. The van der Waals surface area contributed by atoms with Gasteiger partial charge in [-0.05, 0) is 24.3 Å². The zero-order valence-electron chi connectivity index (χ0n) is 10.2. The van der Waals surface area contributed by atoms with Crippen LogP contribution >= 0.6 is 11.3 Å². The molecular formula is C12H13N3O3S. The van der Waals surface area contributed by atoms with Crippen molar-refractivity contribution in [1.82, 2.24) is 15.0 Å². The molecule has 0 amide bonds. The Morgan fingerprint density at radius 3 is 3.16 bits per heavy atom. The highest BCUT2D eigenvalue weighted by Crippen LogP contribution is 2.28. The lowest BCUT2D eigenvalue weighted by Gasteiger charge is -2.10. The van der Waals surface area contributed by atoms with Crippen LogP contribution < -0.4 is 0 Å². The van der Waals surface area contributed by atoms with Gasteiger partial charge in [0, 0.05) is 6.61 Å². The highest BCUT2D eigenvalue weighted by atomic mass is 32.1. The van der Waals surface area contributed by atoms with Crippen LogP contribution in [0.15, 0.2) is 17.5 Å². The molecule has 2 aromatic heterocycles. The smallest absolute Gasteiger partial charge is 0.358 e. The Balaban J connectivity index is 1.97. The normalized spacial score (nSPS) is 18.8. The summed E-state index contributed by atoms with van der Waals surface area (Å²) in [6.45, 7) is 1.31. The largest absolute Gasteiger partial charge is 0.476 e. The lowest BCUT2D eigenvalue weighted by molar-refractivity contribution is 0.0691. The molecule has 1 unspecified atom stereocenters. The fourth-order valence-corrected chi connectivity index (χ4v) is 3.00. The fraction of sp³-hybridized carbons (Fsp3) is 0.417. The van der Waals surface area contributed by atoms with Gasteiger partial charge in [0.1, 0.15) is 5.69 Å². The number of carbonyl (C=O) groups is 1. The molecule has 0 aromatic carbocycles. The van der Waals surface area contributed by atoms with Crippen molar-refractivity contribution in [2.75, 3.05) is 6.61 Å². The lowest BCUT2D eigenvalue weighted by Crippen LogP contribution is -2.17. The zero-order valence-corrected chi connectivity index (χ0v) is 11.0. The van der Waals surface area contributed by atoms with E-state index in [1.165, 1.54) is 11.3 Å². The lowest BCUT2D eigenvalue weighted by atomic mass is 10.2. The summed E-state index contributed by atoms with van der Waals surface area (Å²) in [7, 11) is 0. The van der Waals surface area contributed by atoms with Gasteiger partial charge in [0.25, 0.3) is 0 Å². The number of carboxylic acid groups (broad SMARTS) is 1. The molecule has 1 aliphatic rings. The maximum Gasteiger partial charge on any atom is 0.358 e. The number of ether oxygens (including phenoxy) is 1. The Kier molecular flexibility index (Phi) is 3.31.